The molecule has 0 radical (unpaired) electrons. The summed E-state index contributed by atoms with van der Waals surface area (Å²) >= 11 is 1.15. The summed E-state index contributed by atoms with van der Waals surface area (Å²) in [6.45, 7) is 1.65. The van der Waals surface area contributed by atoms with Crippen LogP contribution < -0.4 is 17.0 Å². The molecule has 0 aliphatic rings. The minimum Gasteiger partial charge on any atom is -0.384 e. The largest absolute Gasteiger partial charge is 0.384 e. The van der Waals surface area contributed by atoms with Crippen LogP contribution in [0.4, 0.5) is 5.82 Å². The molecule has 3 aromatic heterocycles. The average molecular weight is 401 g/mol. The van der Waals surface area contributed by atoms with Crippen LogP contribution in [-0.2, 0) is 21.1 Å². The number of carbonyl (C=O) groups is 1. The molecule has 0 amide bonds. The fraction of sp³-hybridized carbons (Fsp3) is 0.294. The molecule has 0 saturated heterocycles. The van der Waals surface area contributed by atoms with Crippen LogP contribution in [0.2, 0.25) is 0 Å². The maximum Gasteiger partial charge on any atom is 0.332 e. The normalized spacial score (nSPS) is 12.1. The van der Waals surface area contributed by atoms with Crippen molar-refractivity contribution in [1.29, 1.82) is 0 Å². The van der Waals surface area contributed by atoms with E-state index in [0.29, 0.717) is 11.0 Å². The number of rotatable bonds is 5. The van der Waals surface area contributed by atoms with Crippen molar-refractivity contribution in [2.75, 3.05) is 5.73 Å². The molecule has 0 aliphatic carbocycles. The second-order valence-corrected chi connectivity index (χ2v) is 7.51. The van der Waals surface area contributed by atoms with E-state index in [-0.39, 0.29) is 11.4 Å². The Balaban J connectivity index is 1.92. The van der Waals surface area contributed by atoms with E-state index in [4.69, 9.17) is 5.73 Å². The van der Waals surface area contributed by atoms with Crippen LogP contribution in [0.3, 0.4) is 0 Å². The van der Waals surface area contributed by atoms with E-state index in [1.165, 1.54) is 14.1 Å². The molecule has 3 heterocycles. The first-order valence-electron chi connectivity index (χ1n) is 8.30. The van der Waals surface area contributed by atoms with Crippen LogP contribution in [0, 0.1) is 0 Å². The van der Waals surface area contributed by atoms with Gasteiger partial charge in [0.15, 0.2) is 16.8 Å². The molecule has 0 fully saturated rings. The topological polar surface area (TPSA) is 131 Å². The number of carbonyl (C=O) groups excluding carboxylic acids is 1. The summed E-state index contributed by atoms with van der Waals surface area (Å²) in [7, 11) is 4.50. The molecule has 28 heavy (non-hydrogen) atoms. The fourth-order valence-corrected chi connectivity index (χ4v) is 3.54. The van der Waals surface area contributed by atoms with Gasteiger partial charge in [-0.05, 0) is 19.1 Å². The third-order valence-electron chi connectivity index (χ3n) is 4.36. The van der Waals surface area contributed by atoms with E-state index < -0.39 is 22.3 Å². The Morgan fingerprint density at radius 2 is 1.86 bits per heavy atom. The van der Waals surface area contributed by atoms with Gasteiger partial charge in [-0.1, -0.05) is 11.8 Å². The van der Waals surface area contributed by atoms with Crippen molar-refractivity contribution in [1.82, 2.24) is 28.9 Å². The molecule has 146 valence electrons. The van der Waals surface area contributed by atoms with Crippen LogP contribution in [0.5, 0.6) is 0 Å². The number of thioether (sulfide) groups is 1. The standard InChI is InChI=1S/C17H19N7O3S/c1-9(12(25)11-13(18)22(2)17(27)24(4)15(11)26)28-16-21-20-14(23(16)3)10-6-5-7-19-8-10/h5-9H,18H2,1-4H3. The van der Waals surface area contributed by atoms with Gasteiger partial charge in [-0.25, -0.2) is 4.79 Å². The van der Waals surface area contributed by atoms with Gasteiger partial charge in [0.25, 0.3) is 5.56 Å². The minimum atomic E-state index is -0.716. The average Bonchev–Trinajstić information content (AvgIpc) is 3.05. The molecule has 0 spiro atoms. The second-order valence-electron chi connectivity index (χ2n) is 6.20. The van der Waals surface area contributed by atoms with Gasteiger partial charge in [-0.2, -0.15) is 0 Å². The van der Waals surface area contributed by atoms with E-state index in [9.17, 15) is 14.4 Å². The highest BCUT2D eigenvalue weighted by Crippen LogP contribution is 2.27. The van der Waals surface area contributed by atoms with E-state index in [1.807, 2.05) is 6.07 Å². The maximum absolute atomic E-state index is 12.9. The lowest BCUT2D eigenvalue weighted by molar-refractivity contribution is 0.0992. The SMILES string of the molecule is CC(Sc1nnc(-c2cccnc2)n1C)C(=O)c1c(N)n(C)c(=O)n(C)c1=O. The zero-order chi connectivity index (χ0) is 20.6. The first kappa shape index (κ1) is 19.5. The van der Waals surface area contributed by atoms with Gasteiger partial charge in [0.2, 0.25) is 0 Å². The number of pyridine rings is 1. The van der Waals surface area contributed by atoms with Crippen molar-refractivity contribution in [2.45, 2.75) is 17.3 Å². The van der Waals surface area contributed by atoms with E-state index in [2.05, 4.69) is 15.2 Å². The highest BCUT2D eigenvalue weighted by molar-refractivity contribution is 8.00. The van der Waals surface area contributed by atoms with Crippen molar-refractivity contribution in [3.63, 3.8) is 0 Å². The molecular formula is C17H19N7O3S. The predicted molar refractivity (Wildman–Crippen MR) is 105 cm³/mol. The summed E-state index contributed by atoms with van der Waals surface area (Å²) in [6, 6.07) is 3.65. The van der Waals surface area contributed by atoms with Gasteiger partial charge in [0, 0.05) is 39.1 Å². The van der Waals surface area contributed by atoms with Crippen molar-refractivity contribution >= 4 is 23.4 Å². The van der Waals surface area contributed by atoms with E-state index >= 15 is 0 Å². The van der Waals surface area contributed by atoms with Gasteiger partial charge >= 0.3 is 5.69 Å². The van der Waals surface area contributed by atoms with Gasteiger partial charge in [-0.3, -0.25) is 23.7 Å². The fourth-order valence-electron chi connectivity index (χ4n) is 2.67. The van der Waals surface area contributed by atoms with Crippen molar-refractivity contribution in [3.8, 4) is 11.4 Å². The summed E-state index contributed by atoms with van der Waals surface area (Å²) in [6.07, 6.45) is 3.33. The van der Waals surface area contributed by atoms with E-state index in [1.54, 1.807) is 37.0 Å². The Kier molecular flexibility index (Phi) is 5.18. The number of Topliss-reactive ketones (excluding diaryl/α,β-unsaturated/α-hetero) is 1. The number of ketones is 1. The minimum absolute atomic E-state index is 0.153. The molecule has 10 nitrogen and oxygen atoms in total. The Labute approximate surface area is 164 Å². The molecule has 0 bridgehead atoms. The summed E-state index contributed by atoms with van der Waals surface area (Å²) in [5.74, 6) is -0.0306. The smallest absolute Gasteiger partial charge is 0.332 e. The first-order valence-corrected chi connectivity index (χ1v) is 9.18. The van der Waals surface area contributed by atoms with Gasteiger partial charge < -0.3 is 10.3 Å². The third kappa shape index (κ3) is 3.24. The van der Waals surface area contributed by atoms with Crippen LogP contribution in [-0.4, -0.2) is 39.9 Å². The van der Waals surface area contributed by atoms with Crippen LogP contribution in [0.25, 0.3) is 11.4 Å². The molecule has 0 saturated carbocycles. The van der Waals surface area contributed by atoms with Crippen molar-refractivity contribution in [2.24, 2.45) is 21.1 Å². The molecule has 0 aliphatic heterocycles. The Hall–Kier alpha value is -3.21. The Bertz CT molecular complexity index is 1160. The molecule has 11 heteroatoms. The highest BCUT2D eigenvalue weighted by Gasteiger charge is 2.27. The van der Waals surface area contributed by atoms with Gasteiger partial charge in [0.05, 0.1) is 5.25 Å². The second kappa shape index (κ2) is 7.43. The lowest BCUT2D eigenvalue weighted by Gasteiger charge is -2.14. The molecule has 3 aromatic rings. The number of nitrogens with zero attached hydrogens (tertiary/aromatic N) is 6. The summed E-state index contributed by atoms with van der Waals surface area (Å²) < 4.78 is 3.69. The zero-order valence-electron chi connectivity index (χ0n) is 15.8. The number of hydrogen-bond donors (Lipinski definition) is 1. The molecule has 3 rings (SSSR count). The molecule has 1 atom stereocenters. The number of aromatic nitrogens is 6. The van der Waals surface area contributed by atoms with Crippen molar-refractivity contribution in [3.05, 3.63) is 50.9 Å². The number of nitrogen functional groups attached to an aromatic ring is 1. The molecule has 0 aromatic carbocycles. The lowest BCUT2D eigenvalue weighted by atomic mass is 10.1. The number of nitrogens with two attached hydrogens (primary N) is 1. The van der Waals surface area contributed by atoms with Gasteiger partial charge in [0.1, 0.15) is 11.4 Å². The molecular weight excluding hydrogens is 382 g/mol. The monoisotopic (exact) mass is 401 g/mol. The van der Waals surface area contributed by atoms with Crippen LogP contribution in [0.15, 0.2) is 39.3 Å². The molecule has 1 unspecified atom stereocenters. The highest BCUT2D eigenvalue weighted by atomic mass is 32.2. The summed E-state index contributed by atoms with van der Waals surface area (Å²) in [5, 5.41) is 8.11. The van der Waals surface area contributed by atoms with E-state index in [0.717, 1.165) is 26.5 Å². The van der Waals surface area contributed by atoms with Gasteiger partial charge in [-0.15, -0.1) is 10.2 Å². The molecule has 2 N–H and O–H groups in total. The lowest BCUT2D eigenvalue weighted by Crippen LogP contribution is -2.42. The number of hydrogen-bond acceptors (Lipinski definition) is 8. The zero-order valence-corrected chi connectivity index (χ0v) is 16.6. The van der Waals surface area contributed by atoms with Crippen LogP contribution >= 0.6 is 11.8 Å². The first-order chi connectivity index (χ1) is 13.2. The number of anilines is 1. The quantitative estimate of drug-likeness (QED) is 0.474. The Morgan fingerprint density at radius 1 is 1.14 bits per heavy atom. The summed E-state index contributed by atoms with van der Waals surface area (Å²) in [4.78, 5) is 41.3. The maximum atomic E-state index is 12.9. The van der Waals surface area contributed by atoms with Crippen molar-refractivity contribution < 1.29 is 4.79 Å². The van der Waals surface area contributed by atoms with Crippen LogP contribution in [0.1, 0.15) is 17.3 Å². The predicted octanol–water partition coefficient (Wildman–Crippen LogP) is 0.220. The summed E-state index contributed by atoms with van der Waals surface area (Å²) in [5.41, 5.74) is 5.15. The Morgan fingerprint density at radius 3 is 2.50 bits per heavy atom. The third-order valence-corrected chi connectivity index (χ3v) is 5.50.